The third-order valence-electron chi connectivity index (χ3n) is 3.33. The van der Waals surface area contributed by atoms with E-state index < -0.39 is 0 Å². The van der Waals surface area contributed by atoms with Crippen LogP contribution in [0.5, 0.6) is 0 Å². The van der Waals surface area contributed by atoms with Crippen molar-refractivity contribution in [3.05, 3.63) is 71.8 Å². The van der Waals surface area contributed by atoms with Crippen molar-refractivity contribution < 1.29 is 23.8 Å². The van der Waals surface area contributed by atoms with E-state index in [1.807, 2.05) is 130 Å². The number of carbonyl (C=O) groups is 1. The average Bonchev–Trinajstić information content (AvgIpc) is 2.97. The first kappa shape index (κ1) is 45.1. The van der Waals surface area contributed by atoms with Gasteiger partial charge in [-0.3, -0.25) is 0 Å². The van der Waals surface area contributed by atoms with Crippen LogP contribution in [0, 0.1) is 0 Å². The van der Waals surface area contributed by atoms with Gasteiger partial charge in [0.2, 0.25) is 6.08 Å². The first-order chi connectivity index (χ1) is 17.6. The number of rotatable bonds is 6. The zero-order chi connectivity index (χ0) is 29.0. The zero-order valence-electron chi connectivity index (χ0n) is 23.8. The zero-order valence-corrected chi connectivity index (χ0v) is 29.6. The van der Waals surface area contributed by atoms with Crippen LogP contribution in [0.3, 0.4) is 0 Å². The van der Waals surface area contributed by atoms with Gasteiger partial charge in [-0.25, -0.2) is 14.6 Å². The molecule has 0 heterocycles. The quantitative estimate of drug-likeness (QED) is 0.181. The van der Waals surface area contributed by atoms with Crippen LogP contribution in [0.4, 0.5) is 4.79 Å². The number of ether oxygens (including phenoxy) is 1. The van der Waals surface area contributed by atoms with Crippen LogP contribution < -0.4 is 5.32 Å². The Morgan fingerprint density at radius 3 is 1.64 bits per heavy atom. The van der Waals surface area contributed by atoms with Crippen molar-refractivity contribution in [1.29, 1.82) is 0 Å². The molecule has 0 aliphatic rings. The molecule has 0 aliphatic carbocycles. The minimum atomic E-state index is -0.354. The van der Waals surface area contributed by atoms with E-state index in [9.17, 15) is 9.59 Å². The number of carbonyl (C=O) groups excluding carboxylic acids is 2. The van der Waals surface area contributed by atoms with Crippen molar-refractivity contribution in [2.75, 3.05) is 0 Å². The maximum absolute atomic E-state index is 11.3. The summed E-state index contributed by atoms with van der Waals surface area (Å²) in [6.07, 6.45) is 1.94. The molecule has 36 heavy (non-hydrogen) atoms. The number of alkyl carbamates (subject to hydrolysis) is 1. The molecule has 2 rings (SSSR count). The summed E-state index contributed by atoms with van der Waals surface area (Å²) in [5.41, 5.74) is 2.10. The van der Waals surface area contributed by atoms with E-state index in [0.29, 0.717) is 22.6 Å². The number of hydrogen-bond donors (Lipinski definition) is 1. The second kappa shape index (κ2) is 44.2. The number of aliphatic imine (C=N–C) groups is 1. The second-order valence-corrected chi connectivity index (χ2v) is 17.2. The van der Waals surface area contributed by atoms with Gasteiger partial charge >= 0.3 is 55.5 Å². The number of nitrogens with one attached hydrogen (secondary N) is 1. The van der Waals surface area contributed by atoms with Crippen molar-refractivity contribution in [3.63, 3.8) is 0 Å². The molecule has 1 N–H and O–H groups in total. The molecule has 0 aliphatic heterocycles. The van der Waals surface area contributed by atoms with Gasteiger partial charge in [0.05, 0.1) is 6.54 Å². The minimum absolute atomic E-state index is 0.0271. The Bertz CT molecular complexity index is 688. The summed E-state index contributed by atoms with van der Waals surface area (Å²) in [6.45, 7) is 20.8. The molecule has 207 valence electrons. The standard InChI is InChI=1S/C12H17NO2.C8H7NO.4C2H6.2HI.V/c1-3-10(2)15-12(14)13-9-11-7-5-4-6-8-11;10-7-9-6-8-4-2-1-3-5-8;4*1-2;;;/h4-8,10H,3,9H2,1-2H3,(H,13,14);1-5H,6H2;4*1-2H3;2*1H;/q;;;;;;;;+2/p-2. The summed E-state index contributed by atoms with van der Waals surface area (Å²) in [4.78, 5) is 24.4. The molecule has 0 fully saturated rings. The van der Waals surface area contributed by atoms with Gasteiger partial charge in [-0.2, -0.15) is 0 Å². The van der Waals surface area contributed by atoms with Crippen LogP contribution in [0.1, 0.15) is 86.8 Å². The van der Waals surface area contributed by atoms with E-state index in [1.165, 1.54) is 6.08 Å². The van der Waals surface area contributed by atoms with Crippen LogP contribution in [-0.2, 0) is 32.1 Å². The molecule has 0 saturated heterocycles. The molecule has 1 unspecified atom stereocenters. The maximum atomic E-state index is 11.3. The van der Waals surface area contributed by atoms with Crippen LogP contribution in [-0.4, -0.2) is 18.3 Å². The Kier molecular flexibility index (Phi) is 55.3. The number of halogens is 2. The fraction of sp³-hybridized carbons (Fsp3) is 0.500. The molecule has 2 aromatic rings. The van der Waals surface area contributed by atoms with Crippen LogP contribution in [0.25, 0.3) is 0 Å². The van der Waals surface area contributed by atoms with Crippen LogP contribution in [0.15, 0.2) is 65.7 Å². The van der Waals surface area contributed by atoms with Gasteiger partial charge in [0.1, 0.15) is 6.10 Å². The van der Waals surface area contributed by atoms with Crippen molar-refractivity contribution in [3.8, 4) is 0 Å². The number of benzene rings is 2. The van der Waals surface area contributed by atoms with Crippen molar-refractivity contribution >= 4 is 52.1 Å². The SMILES string of the molecule is CC.CC.CC.CC.CCC(C)OC(=O)NCc1ccccc1.O=C=NCc1ccccc1.[I][V][I]. The summed E-state index contributed by atoms with van der Waals surface area (Å²) in [7, 11) is 0.628. The monoisotopic (exact) mass is 765 g/mol. The van der Waals surface area contributed by atoms with E-state index in [2.05, 4.69) is 50.3 Å². The second-order valence-electron chi connectivity index (χ2n) is 5.42. The molecule has 0 aromatic heterocycles. The summed E-state index contributed by atoms with van der Waals surface area (Å²) in [6, 6.07) is 19.3. The predicted octanol–water partition coefficient (Wildman–Crippen LogP) is 10.1. The first-order valence-corrected chi connectivity index (χ1v) is 21.6. The third kappa shape index (κ3) is 37.7. The molecular weight excluding hydrogens is 717 g/mol. The number of amides is 1. The third-order valence-corrected chi connectivity index (χ3v) is 3.33. The first-order valence-electron chi connectivity index (χ1n) is 12.6. The Labute approximate surface area is 250 Å². The normalized spacial score (nSPS) is 8.33. The fourth-order valence-electron chi connectivity index (χ4n) is 1.78. The van der Waals surface area contributed by atoms with Gasteiger partial charge in [0.15, 0.2) is 0 Å². The number of hydrogen-bond acceptors (Lipinski definition) is 4. The van der Waals surface area contributed by atoms with E-state index in [0.717, 1.165) is 17.5 Å². The van der Waals surface area contributed by atoms with Gasteiger partial charge < -0.3 is 10.1 Å². The van der Waals surface area contributed by atoms with Crippen molar-refractivity contribution in [1.82, 2.24) is 5.32 Å². The summed E-state index contributed by atoms with van der Waals surface area (Å²) < 4.78 is 5.07. The van der Waals surface area contributed by atoms with Gasteiger partial charge in [0, 0.05) is 6.54 Å². The number of nitrogens with zero attached hydrogens (tertiary/aromatic N) is 1. The van der Waals surface area contributed by atoms with Crippen LogP contribution >= 0.6 is 40.0 Å². The molecule has 2 aromatic carbocycles. The number of isocyanates is 1. The fourth-order valence-corrected chi connectivity index (χ4v) is 1.78. The van der Waals surface area contributed by atoms with Gasteiger partial charge in [-0.15, -0.1) is 0 Å². The summed E-state index contributed by atoms with van der Waals surface area (Å²) in [5.74, 6) is 0. The Morgan fingerprint density at radius 1 is 0.889 bits per heavy atom. The Balaban J connectivity index is -0.000000132. The molecule has 0 radical (unpaired) electrons. The van der Waals surface area contributed by atoms with E-state index >= 15 is 0 Å². The Morgan fingerprint density at radius 2 is 1.28 bits per heavy atom. The van der Waals surface area contributed by atoms with E-state index in [-0.39, 0.29) is 12.2 Å². The molecule has 8 heteroatoms. The summed E-state index contributed by atoms with van der Waals surface area (Å²) in [5, 5.41) is 2.70. The molecule has 0 spiro atoms. The predicted molar refractivity (Wildman–Crippen MR) is 171 cm³/mol. The molecule has 5 nitrogen and oxygen atoms in total. The molecule has 0 bridgehead atoms. The van der Waals surface area contributed by atoms with E-state index in [4.69, 9.17) is 4.74 Å². The molecule has 1 amide bonds. The molecule has 0 saturated carbocycles. The van der Waals surface area contributed by atoms with Gasteiger partial charge in [-0.1, -0.05) is 123 Å². The molecule has 1 atom stereocenters. The van der Waals surface area contributed by atoms with Crippen molar-refractivity contribution in [2.24, 2.45) is 4.99 Å². The average molecular weight is 765 g/mol. The molecular formula is C28H48I2N2O3V. The van der Waals surface area contributed by atoms with Crippen LogP contribution in [0.2, 0.25) is 0 Å². The topological polar surface area (TPSA) is 67.8 Å². The van der Waals surface area contributed by atoms with E-state index in [1.54, 1.807) is 0 Å². The Hall–Kier alpha value is -0.866. The van der Waals surface area contributed by atoms with Gasteiger partial charge in [0.25, 0.3) is 0 Å². The summed E-state index contributed by atoms with van der Waals surface area (Å²) >= 11 is 4.74. The van der Waals surface area contributed by atoms with Gasteiger partial charge in [-0.05, 0) is 24.5 Å². The van der Waals surface area contributed by atoms with Crippen molar-refractivity contribution in [2.45, 2.75) is 94.9 Å².